The molecule has 0 heterocycles. The van der Waals surface area contributed by atoms with Crippen molar-refractivity contribution in [2.24, 2.45) is 0 Å². The first-order valence-corrected chi connectivity index (χ1v) is 5.48. The van der Waals surface area contributed by atoms with E-state index in [1.54, 1.807) is 0 Å². The molecule has 1 unspecified atom stereocenters. The minimum absolute atomic E-state index is 0.542. The summed E-state index contributed by atoms with van der Waals surface area (Å²) in [4.78, 5) is 0. The fraction of sp³-hybridized carbons (Fsp3) is 0.462. The molecule has 0 aliphatic carbocycles. The van der Waals surface area contributed by atoms with Crippen LogP contribution in [0.15, 0.2) is 24.3 Å². The van der Waals surface area contributed by atoms with E-state index < -0.39 is 0 Å². The summed E-state index contributed by atoms with van der Waals surface area (Å²) < 4.78 is 0. The fourth-order valence-electron chi connectivity index (χ4n) is 1.58. The number of benzene rings is 1. The first kappa shape index (κ1) is 11.7. The van der Waals surface area contributed by atoms with Crippen molar-refractivity contribution in [2.45, 2.75) is 39.3 Å². The average Bonchev–Trinajstić information content (AvgIpc) is 2.27. The summed E-state index contributed by atoms with van der Waals surface area (Å²) in [6, 6.07) is 10.4. The highest BCUT2D eigenvalue weighted by atomic mass is 14.9. The summed E-state index contributed by atoms with van der Waals surface area (Å²) in [5.74, 6) is 0. The molecule has 1 rings (SSSR count). The highest BCUT2D eigenvalue weighted by Gasteiger charge is 2.00. The highest BCUT2D eigenvalue weighted by molar-refractivity contribution is 5.32. The molecule has 0 fully saturated rings. The van der Waals surface area contributed by atoms with Gasteiger partial charge >= 0.3 is 0 Å². The molecule has 0 saturated carbocycles. The molecule has 2 nitrogen and oxygen atoms in total. The molecule has 0 bridgehead atoms. The maximum Gasteiger partial charge on any atom is 0.0991 e. The van der Waals surface area contributed by atoms with Crippen LogP contribution in [0.3, 0.4) is 0 Å². The summed E-state index contributed by atoms with van der Waals surface area (Å²) in [7, 11) is 0. The highest BCUT2D eigenvalue weighted by Crippen LogP contribution is 2.05. The van der Waals surface area contributed by atoms with Gasteiger partial charge < -0.3 is 5.32 Å². The van der Waals surface area contributed by atoms with E-state index in [0.717, 1.165) is 12.1 Å². The quantitative estimate of drug-likeness (QED) is 0.797. The zero-order chi connectivity index (χ0) is 11.1. The first-order chi connectivity index (χ1) is 7.26. The van der Waals surface area contributed by atoms with E-state index in [4.69, 9.17) is 5.26 Å². The van der Waals surface area contributed by atoms with E-state index in [1.807, 2.05) is 24.3 Å². The van der Waals surface area contributed by atoms with Gasteiger partial charge in [0.2, 0.25) is 0 Å². The molecular weight excluding hydrogens is 184 g/mol. The predicted molar refractivity (Wildman–Crippen MR) is 62.4 cm³/mol. The summed E-state index contributed by atoms with van der Waals surface area (Å²) in [5, 5.41) is 12.2. The largest absolute Gasteiger partial charge is 0.310 e. The summed E-state index contributed by atoms with van der Waals surface area (Å²) in [6.45, 7) is 5.23. The Morgan fingerprint density at radius 2 is 2.27 bits per heavy atom. The molecule has 1 aromatic carbocycles. The molecule has 1 atom stereocenters. The predicted octanol–water partition coefficient (Wildman–Crippen LogP) is 2.84. The molecule has 2 heteroatoms. The minimum Gasteiger partial charge on any atom is -0.310 e. The zero-order valence-electron chi connectivity index (χ0n) is 9.46. The van der Waals surface area contributed by atoms with Gasteiger partial charge in [0, 0.05) is 12.6 Å². The molecular formula is C13H18N2. The lowest BCUT2D eigenvalue weighted by atomic mass is 10.1. The van der Waals surface area contributed by atoms with Crippen LogP contribution in [0.1, 0.15) is 37.8 Å². The van der Waals surface area contributed by atoms with Crippen molar-refractivity contribution in [3.05, 3.63) is 35.4 Å². The van der Waals surface area contributed by atoms with E-state index in [1.165, 1.54) is 18.4 Å². The second kappa shape index (κ2) is 6.21. The molecule has 0 radical (unpaired) electrons. The van der Waals surface area contributed by atoms with Crippen LogP contribution in [0, 0.1) is 11.3 Å². The molecule has 80 valence electrons. The third-order valence-corrected chi connectivity index (χ3v) is 2.43. The number of nitrogens with zero attached hydrogens (tertiary/aromatic N) is 1. The van der Waals surface area contributed by atoms with Gasteiger partial charge in [0.25, 0.3) is 0 Å². The summed E-state index contributed by atoms with van der Waals surface area (Å²) in [5.41, 5.74) is 1.91. The van der Waals surface area contributed by atoms with Gasteiger partial charge in [-0.3, -0.25) is 0 Å². The Bertz CT molecular complexity index is 339. The maximum absolute atomic E-state index is 8.75. The summed E-state index contributed by atoms with van der Waals surface area (Å²) in [6.07, 6.45) is 2.39. The van der Waals surface area contributed by atoms with Crippen LogP contribution in [0.25, 0.3) is 0 Å². The Labute approximate surface area is 91.9 Å². The van der Waals surface area contributed by atoms with E-state index >= 15 is 0 Å². The topological polar surface area (TPSA) is 35.8 Å². The normalized spacial score (nSPS) is 12.1. The molecule has 1 N–H and O–H groups in total. The van der Waals surface area contributed by atoms with Crippen molar-refractivity contribution in [3.8, 4) is 6.07 Å². The molecule has 0 aromatic heterocycles. The van der Waals surface area contributed by atoms with Gasteiger partial charge in [-0.2, -0.15) is 5.26 Å². The Kier molecular flexibility index (Phi) is 4.86. The molecule has 0 amide bonds. The smallest absolute Gasteiger partial charge is 0.0991 e. The van der Waals surface area contributed by atoms with Crippen LogP contribution >= 0.6 is 0 Å². The monoisotopic (exact) mass is 202 g/mol. The Hall–Kier alpha value is -1.33. The third-order valence-electron chi connectivity index (χ3n) is 2.43. The van der Waals surface area contributed by atoms with E-state index in [9.17, 15) is 0 Å². The second-order valence-electron chi connectivity index (χ2n) is 3.88. The van der Waals surface area contributed by atoms with Crippen molar-refractivity contribution in [1.82, 2.24) is 5.32 Å². The SMILES string of the molecule is CCCC(C)NCc1cccc(C#N)c1. The van der Waals surface area contributed by atoms with Crippen molar-refractivity contribution < 1.29 is 0 Å². The molecule has 0 aliphatic heterocycles. The number of hydrogen-bond donors (Lipinski definition) is 1. The van der Waals surface area contributed by atoms with Crippen LogP contribution in [-0.2, 0) is 6.54 Å². The molecule has 1 aromatic rings. The van der Waals surface area contributed by atoms with Crippen LogP contribution in [-0.4, -0.2) is 6.04 Å². The van der Waals surface area contributed by atoms with E-state index in [-0.39, 0.29) is 0 Å². The third kappa shape index (κ3) is 4.14. The lowest BCUT2D eigenvalue weighted by molar-refractivity contribution is 0.508. The van der Waals surface area contributed by atoms with E-state index in [0.29, 0.717) is 6.04 Å². The van der Waals surface area contributed by atoms with Crippen molar-refractivity contribution in [3.63, 3.8) is 0 Å². The minimum atomic E-state index is 0.542. The maximum atomic E-state index is 8.75. The van der Waals surface area contributed by atoms with Crippen LogP contribution in [0.4, 0.5) is 0 Å². The number of nitrogens with one attached hydrogen (secondary N) is 1. The van der Waals surface area contributed by atoms with Crippen molar-refractivity contribution in [2.75, 3.05) is 0 Å². The van der Waals surface area contributed by atoms with Gasteiger partial charge in [-0.25, -0.2) is 0 Å². The number of hydrogen-bond acceptors (Lipinski definition) is 2. The molecule has 0 spiro atoms. The molecule has 0 aliphatic rings. The standard InChI is InChI=1S/C13H18N2/c1-3-5-11(2)15-10-13-7-4-6-12(8-13)9-14/h4,6-8,11,15H,3,5,10H2,1-2H3. The van der Waals surface area contributed by atoms with Crippen LogP contribution in [0.5, 0.6) is 0 Å². The van der Waals surface area contributed by atoms with Gasteiger partial charge in [-0.1, -0.05) is 25.5 Å². The van der Waals surface area contributed by atoms with Crippen molar-refractivity contribution in [1.29, 1.82) is 5.26 Å². The second-order valence-corrected chi connectivity index (χ2v) is 3.88. The van der Waals surface area contributed by atoms with E-state index in [2.05, 4.69) is 25.2 Å². The van der Waals surface area contributed by atoms with Crippen LogP contribution in [0.2, 0.25) is 0 Å². The number of nitriles is 1. The van der Waals surface area contributed by atoms with Gasteiger partial charge in [0.05, 0.1) is 11.6 Å². The fourth-order valence-corrected chi connectivity index (χ4v) is 1.58. The Morgan fingerprint density at radius 3 is 2.93 bits per heavy atom. The van der Waals surface area contributed by atoms with Crippen LogP contribution < -0.4 is 5.32 Å². The van der Waals surface area contributed by atoms with Gasteiger partial charge in [0.15, 0.2) is 0 Å². The Balaban J connectivity index is 2.47. The van der Waals surface area contributed by atoms with Gasteiger partial charge in [0.1, 0.15) is 0 Å². The average molecular weight is 202 g/mol. The van der Waals surface area contributed by atoms with Gasteiger partial charge in [-0.15, -0.1) is 0 Å². The van der Waals surface area contributed by atoms with Crippen molar-refractivity contribution >= 4 is 0 Å². The lowest BCUT2D eigenvalue weighted by Gasteiger charge is -2.12. The summed E-state index contributed by atoms with van der Waals surface area (Å²) >= 11 is 0. The Morgan fingerprint density at radius 1 is 1.47 bits per heavy atom. The molecule has 15 heavy (non-hydrogen) atoms. The van der Waals surface area contributed by atoms with Gasteiger partial charge in [-0.05, 0) is 31.0 Å². The zero-order valence-corrected chi connectivity index (χ0v) is 9.46. The molecule has 0 saturated heterocycles. The first-order valence-electron chi connectivity index (χ1n) is 5.48. The number of rotatable bonds is 5. The lowest BCUT2D eigenvalue weighted by Crippen LogP contribution is -2.25.